The van der Waals surface area contributed by atoms with Gasteiger partial charge in [0.15, 0.2) is 0 Å². The summed E-state index contributed by atoms with van der Waals surface area (Å²) in [5.74, 6) is 0.742. The lowest BCUT2D eigenvalue weighted by molar-refractivity contribution is 0.102. The van der Waals surface area contributed by atoms with E-state index >= 15 is 0 Å². The quantitative estimate of drug-likeness (QED) is 0.805. The third-order valence-electron chi connectivity index (χ3n) is 3.57. The largest absolute Gasteiger partial charge is 0.493 e. The second kappa shape index (κ2) is 8.33. The summed E-state index contributed by atoms with van der Waals surface area (Å²) in [7, 11) is -0.546. The number of hydrogen-bond donors (Lipinski definition) is 1. The lowest BCUT2D eigenvalue weighted by atomic mass is 10.2. The van der Waals surface area contributed by atoms with Crippen molar-refractivity contribution in [3.63, 3.8) is 0 Å². The third kappa shape index (κ3) is 5.06. The second-order valence-electron chi connectivity index (χ2n) is 6.50. The van der Waals surface area contributed by atoms with Gasteiger partial charge in [0.05, 0.1) is 11.5 Å². The van der Waals surface area contributed by atoms with E-state index in [-0.39, 0.29) is 10.8 Å². The Hall–Kier alpha value is -2.38. The molecule has 0 radical (unpaired) electrons. The van der Waals surface area contributed by atoms with Gasteiger partial charge in [-0.05, 0) is 48.4 Å². The Labute approximate surface area is 154 Å². The fourth-order valence-corrected chi connectivity index (χ4v) is 3.02. The molecule has 140 valence electrons. The molecule has 0 unspecified atom stereocenters. The van der Waals surface area contributed by atoms with Crippen LogP contribution in [0.1, 0.15) is 24.2 Å². The van der Waals surface area contributed by atoms with E-state index in [1.165, 1.54) is 26.2 Å². The molecule has 1 amide bonds. The van der Waals surface area contributed by atoms with Gasteiger partial charge in [-0.15, -0.1) is 0 Å². The second-order valence-corrected chi connectivity index (χ2v) is 8.65. The highest BCUT2D eigenvalue weighted by atomic mass is 32.2. The smallest absolute Gasteiger partial charge is 0.255 e. The van der Waals surface area contributed by atoms with Gasteiger partial charge in [-0.25, -0.2) is 12.7 Å². The third-order valence-corrected chi connectivity index (χ3v) is 5.40. The first-order valence-corrected chi connectivity index (χ1v) is 9.71. The van der Waals surface area contributed by atoms with E-state index in [1.54, 1.807) is 36.4 Å². The minimum Gasteiger partial charge on any atom is -0.493 e. The molecule has 0 saturated heterocycles. The van der Waals surface area contributed by atoms with Crippen LogP contribution in [0.3, 0.4) is 0 Å². The van der Waals surface area contributed by atoms with Gasteiger partial charge in [0.25, 0.3) is 5.91 Å². The Bertz CT molecular complexity index is 859. The highest BCUT2D eigenvalue weighted by Gasteiger charge is 2.17. The van der Waals surface area contributed by atoms with Crippen LogP contribution in [-0.2, 0) is 10.0 Å². The van der Waals surface area contributed by atoms with E-state index < -0.39 is 10.0 Å². The Morgan fingerprint density at radius 1 is 1.12 bits per heavy atom. The number of carbonyl (C=O) groups excluding carboxylic acids is 1. The summed E-state index contributed by atoms with van der Waals surface area (Å²) in [5.41, 5.74) is 0.984. The van der Waals surface area contributed by atoms with Crippen LogP contribution in [0.2, 0.25) is 0 Å². The molecule has 0 aliphatic carbocycles. The standard InChI is InChI=1S/C19H24N2O4S/c1-14(2)13-25-17-7-5-6-15(12-17)19(22)20-16-8-10-18(11-9-16)26(23,24)21(3)4/h5-12,14H,13H2,1-4H3,(H,20,22). The average Bonchev–Trinajstić information content (AvgIpc) is 2.60. The highest BCUT2D eigenvalue weighted by molar-refractivity contribution is 7.89. The van der Waals surface area contributed by atoms with Crippen LogP contribution in [0, 0.1) is 5.92 Å². The molecule has 0 aromatic heterocycles. The van der Waals surface area contributed by atoms with Crippen LogP contribution in [-0.4, -0.2) is 39.3 Å². The maximum absolute atomic E-state index is 12.4. The summed E-state index contributed by atoms with van der Waals surface area (Å²) in [6.45, 7) is 4.68. The fraction of sp³-hybridized carbons (Fsp3) is 0.316. The first-order valence-electron chi connectivity index (χ1n) is 8.27. The van der Waals surface area contributed by atoms with Crippen molar-refractivity contribution in [1.29, 1.82) is 0 Å². The zero-order valence-corrected chi connectivity index (χ0v) is 16.2. The maximum Gasteiger partial charge on any atom is 0.255 e. The van der Waals surface area contributed by atoms with E-state index in [9.17, 15) is 13.2 Å². The van der Waals surface area contributed by atoms with Crippen LogP contribution in [0.5, 0.6) is 5.75 Å². The molecular weight excluding hydrogens is 352 g/mol. The number of benzene rings is 2. The highest BCUT2D eigenvalue weighted by Crippen LogP contribution is 2.19. The number of amides is 1. The Morgan fingerprint density at radius 2 is 1.77 bits per heavy atom. The van der Waals surface area contributed by atoms with Crippen molar-refractivity contribution in [1.82, 2.24) is 4.31 Å². The van der Waals surface area contributed by atoms with E-state index in [4.69, 9.17) is 4.74 Å². The van der Waals surface area contributed by atoms with Crippen molar-refractivity contribution in [3.8, 4) is 5.75 Å². The van der Waals surface area contributed by atoms with Gasteiger partial charge < -0.3 is 10.1 Å². The Balaban J connectivity index is 2.09. The van der Waals surface area contributed by atoms with E-state index in [0.717, 1.165) is 4.31 Å². The number of anilines is 1. The molecule has 0 aliphatic heterocycles. The van der Waals surface area contributed by atoms with Crippen molar-refractivity contribution in [2.75, 3.05) is 26.0 Å². The zero-order valence-electron chi connectivity index (χ0n) is 15.4. The molecule has 2 aromatic carbocycles. The summed E-state index contributed by atoms with van der Waals surface area (Å²) < 4.78 is 30.9. The van der Waals surface area contributed by atoms with Crippen molar-refractivity contribution in [2.24, 2.45) is 5.92 Å². The topological polar surface area (TPSA) is 75.7 Å². The van der Waals surface area contributed by atoms with Crippen molar-refractivity contribution in [3.05, 3.63) is 54.1 Å². The predicted molar refractivity (Wildman–Crippen MR) is 102 cm³/mol. The molecular formula is C19H24N2O4S. The van der Waals surface area contributed by atoms with E-state index in [0.29, 0.717) is 29.5 Å². The molecule has 0 atom stereocenters. The lowest BCUT2D eigenvalue weighted by Crippen LogP contribution is -2.22. The number of rotatable bonds is 7. The Morgan fingerprint density at radius 3 is 2.35 bits per heavy atom. The van der Waals surface area contributed by atoms with Crippen LogP contribution < -0.4 is 10.1 Å². The molecule has 26 heavy (non-hydrogen) atoms. The minimum atomic E-state index is -3.49. The monoisotopic (exact) mass is 376 g/mol. The van der Waals surface area contributed by atoms with Crippen LogP contribution in [0.25, 0.3) is 0 Å². The number of ether oxygens (including phenoxy) is 1. The molecule has 2 aromatic rings. The van der Waals surface area contributed by atoms with Gasteiger partial charge in [-0.1, -0.05) is 19.9 Å². The first-order chi connectivity index (χ1) is 12.2. The van der Waals surface area contributed by atoms with Crippen LogP contribution in [0.4, 0.5) is 5.69 Å². The maximum atomic E-state index is 12.4. The van der Waals surface area contributed by atoms with Gasteiger partial charge in [0, 0.05) is 25.3 Å². The van der Waals surface area contributed by atoms with Crippen LogP contribution in [0.15, 0.2) is 53.4 Å². The number of nitrogens with zero attached hydrogens (tertiary/aromatic N) is 1. The predicted octanol–water partition coefficient (Wildman–Crippen LogP) is 3.22. The summed E-state index contributed by atoms with van der Waals surface area (Å²) in [5, 5.41) is 2.76. The number of hydrogen-bond acceptors (Lipinski definition) is 4. The van der Waals surface area contributed by atoms with Crippen LogP contribution >= 0.6 is 0 Å². The minimum absolute atomic E-state index is 0.171. The average molecular weight is 376 g/mol. The van der Waals surface area contributed by atoms with E-state index in [1.807, 2.05) is 0 Å². The zero-order chi connectivity index (χ0) is 19.3. The molecule has 0 spiro atoms. The lowest BCUT2D eigenvalue weighted by Gasteiger charge is -2.12. The summed E-state index contributed by atoms with van der Waals surface area (Å²) in [4.78, 5) is 12.6. The Kier molecular flexibility index (Phi) is 6.39. The molecule has 6 nitrogen and oxygen atoms in total. The number of nitrogens with one attached hydrogen (secondary N) is 1. The fourth-order valence-electron chi connectivity index (χ4n) is 2.11. The first kappa shape index (κ1) is 19.9. The molecule has 0 fully saturated rings. The molecule has 0 bridgehead atoms. The van der Waals surface area contributed by atoms with Crippen molar-refractivity contribution < 1.29 is 17.9 Å². The van der Waals surface area contributed by atoms with Crippen molar-refractivity contribution >= 4 is 21.6 Å². The number of sulfonamides is 1. The molecule has 2 rings (SSSR count). The van der Waals surface area contributed by atoms with Gasteiger partial charge in [0.2, 0.25) is 10.0 Å². The number of carbonyl (C=O) groups is 1. The summed E-state index contributed by atoms with van der Waals surface area (Å²) in [6.07, 6.45) is 0. The SMILES string of the molecule is CC(C)COc1cccc(C(=O)Nc2ccc(S(=O)(=O)N(C)C)cc2)c1. The molecule has 7 heteroatoms. The van der Waals surface area contributed by atoms with Gasteiger partial charge in [0.1, 0.15) is 5.75 Å². The van der Waals surface area contributed by atoms with Crippen molar-refractivity contribution in [2.45, 2.75) is 18.7 Å². The summed E-state index contributed by atoms with van der Waals surface area (Å²) >= 11 is 0. The normalized spacial score (nSPS) is 11.6. The van der Waals surface area contributed by atoms with Gasteiger partial charge in [-0.2, -0.15) is 0 Å². The molecule has 1 N–H and O–H groups in total. The summed E-state index contributed by atoms with van der Waals surface area (Å²) in [6, 6.07) is 13.0. The van der Waals surface area contributed by atoms with E-state index in [2.05, 4.69) is 19.2 Å². The molecule has 0 aliphatic rings. The van der Waals surface area contributed by atoms with Gasteiger partial charge >= 0.3 is 0 Å². The molecule has 0 saturated carbocycles. The molecule has 0 heterocycles. The van der Waals surface area contributed by atoms with Gasteiger partial charge in [-0.3, -0.25) is 4.79 Å².